The van der Waals surface area contributed by atoms with Gasteiger partial charge in [0.15, 0.2) is 0 Å². The number of hydrogen-bond acceptors (Lipinski definition) is 8. The van der Waals surface area contributed by atoms with Crippen LogP contribution in [-0.4, -0.2) is 74.0 Å². The molecule has 242 valence electrons. The van der Waals surface area contributed by atoms with Gasteiger partial charge in [-0.05, 0) is 71.4 Å². The quantitative estimate of drug-likeness (QED) is 0.346. The maximum atomic E-state index is 13.7. The van der Waals surface area contributed by atoms with E-state index in [4.69, 9.17) is 9.47 Å². The topological polar surface area (TPSA) is 172 Å². The van der Waals surface area contributed by atoms with Crippen molar-refractivity contribution in [2.45, 2.75) is 95.4 Å². The second-order valence-corrected chi connectivity index (χ2v) is 13.9. The molecule has 4 rings (SSSR count). The van der Waals surface area contributed by atoms with Crippen LogP contribution in [-0.2, 0) is 29.3 Å². The fourth-order valence-corrected chi connectivity index (χ4v) is 6.59. The lowest BCUT2D eigenvalue weighted by molar-refractivity contribution is -0.141. The number of alkyl carbamates (subject to hydrolysis) is 1. The molecule has 1 aromatic carbocycles. The molecule has 1 saturated carbocycles. The average Bonchev–Trinajstić information content (AvgIpc) is 3.40. The first kappa shape index (κ1) is 33.1. The van der Waals surface area contributed by atoms with Crippen LogP contribution in [0.5, 0.6) is 5.75 Å². The molecule has 0 aromatic heterocycles. The van der Waals surface area contributed by atoms with E-state index in [1.54, 1.807) is 39.0 Å². The van der Waals surface area contributed by atoms with Crippen molar-refractivity contribution >= 4 is 39.7 Å². The summed E-state index contributed by atoms with van der Waals surface area (Å²) in [7, 11) is -3.00. The Balaban J connectivity index is 1.54. The summed E-state index contributed by atoms with van der Waals surface area (Å²) in [5, 5.41) is 5.50. The molecular formula is C30H43N5O8S. The van der Waals surface area contributed by atoms with E-state index in [0.717, 1.165) is 12.8 Å². The van der Waals surface area contributed by atoms with Crippen LogP contribution in [0.15, 0.2) is 36.4 Å². The van der Waals surface area contributed by atoms with Gasteiger partial charge in [-0.15, -0.1) is 0 Å². The molecule has 4 atom stereocenters. The molecule has 1 saturated heterocycles. The predicted octanol–water partition coefficient (Wildman–Crippen LogP) is 2.75. The van der Waals surface area contributed by atoms with E-state index < -0.39 is 63.2 Å². The van der Waals surface area contributed by atoms with E-state index in [-0.39, 0.29) is 17.9 Å². The van der Waals surface area contributed by atoms with Crippen LogP contribution in [0.2, 0.25) is 0 Å². The highest BCUT2D eigenvalue weighted by Crippen LogP contribution is 2.45. The second-order valence-electron chi connectivity index (χ2n) is 12.5. The lowest BCUT2D eigenvalue weighted by Gasteiger charge is -2.30. The Morgan fingerprint density at radius 1 is 1.07 bits per heavy atom. The number of hydrogen-bond donors (Lipinski definition) is 4. The van der Waals surface area contributed by atoms with Crippen molar-refractivity contribution in [1.29, 1.82) is 0 Å². The summed E-state index contributed by atoms with van der Waals surface area (Å²) >= 11 is 0. The largest absolute Gasteiger partial charge is 0.495 e. The number of carbonyl (C=O) groups is 4. The highest BCUT2D eigenvalue weighted by Gasteiger charge is 2.61. The van der Waals surface area contributed by atoms with Gasteiger partial charge in [0.25, 0.3) is 5.91 Å². The number of allylic oxidation sites excluding steroid dienone is 1. The highest BCUT2D eigenvalue weighted by molar-refractivity contribution is 7.91. The number of methoxy groups -OCH3 is 1. The summed E-state index contributed by atoms with van der Waals surface area (Å²) in [5.41, 5.74) is -2.11. The molecule has 0 unspecified atom stereocenters. The molecule has 14 heteroatoms. The van der Waals surface area contributed by atoms with Crippen molar-refractivity contribution in [3.05, 3.63) is 36.4 Å². The summed E-state index contributed by atoms with van der Waals surface area (Å²) in [4.78, 5) is 55.0. The van der Waals surface area contributed by atoms with Crippen molar-refractivity contribution in [3.8, 4) is 5.75 Å². The monoisotopic (exact) mass is 633 g/mol. The standard InChI is InChI=1S/C30H43N5O8S/c1-29(2,3)43-28(39)31-22-15-9-7-5-6-8-13-20-19-30(20,32-25(36)23-16-12-18-35(23)26(22)37)27(38)34-44(40,41)33-21-14-10-11-17-24(21)42-4/h8,10-11,13-14,17,20,22-23,33H,5-7,9,12,15-16,18-19H2,1-4H3,(H,31,39)(H,32,36)(H,34,38)/t20-,22+,23+,30-/m1/s1. The molecule has 0 bridgehead atoms. The third-order valence-corrected chi connectivity index (χ3v) is 8.85. The van der Waals surface area contributed by atoms with Gasteiger partial charge < -0.3 is 25.0 Å². The molecule has 44 heavy (non-hydrogen) atoms. The van der Waals surface area contributed by atoms with Crippen LogP contribution in [0.1, 0.15) is 72.1 Å². The maximum absolute atomic E-state index is 13.7. The number of ether oxygens (including phenoxy) is 2. The molecular weight excluding hydrogens is 590 g/mol. The van der Waals surface area contributed by atoms with Crippen molar-refractivity contribution in [2.24, 2.45) is 5.92 Å². The van der Waals surface area contributed by atoms with Crippen LogP contribution in [0.4, 0.5) is 10.5 Å². The van der Waals surface area contributed by atoms with Gasteiger partial charge in [-0.1, -0.05) is 37.1 Å². The van der Waals surface area contributed by atoms with Crippen LogP contribution < -0.4 is 24.8 Å². The Morgan fingerprint density at radius 3 is 2.55 bits per heavy atom. The fourth-order valence-electron chi connectivity index (χ4n) is 5.66. The molecule has 4 N–H and O–H groups in total. The minimum absolute atomic E-state index is 0.140. The second kappa shape index (κ2) is 13.4. The average molecular weight is 634 g/mol. The van der Waals surface area contributed by atoms with Crippen molar-refractivity contribution in [1.82, 2.24) is 20.3 Å². The summed E-state index contributed by atoms with van der Waals surface area (Å²) in [6.45, 7) is 5.51. The molecule has 2 aliphatic heterocycles. The van der Waals surface area contributed by atoms with Gasteiger partial charge in [0, 0.05) is 12.5 Å². The first-order valence-corrected chi connectivity index (χ1v) is 16.5. The van der Waals surface area contributed by atoms with Crippen molar-refractivity contribution < 1.29 is 37.1 Å². The minimum atomic E-state index is -4.39. The maximum Gasteiger partial charge on any atom is 0.408 e. The van der Waals surface area contributed by atoms with Crippen LogP contribution in [0.25, 0.3) is 0 Å². The molecule has 4 amide bonds. The summed E-state index contributed by atoms with van der Waals surface area (Å²) in [6.07, 6.45) is 7.55. The van der Waals surface area contributed by atoms with Gasteiger partial charge in [0.05, 0.1) is 12.8 Å². The number of benzene rings is 1. The molecule has 0 radical (unpaired) electrons. The number of amides is 4. The van der Waals surface area contributed by atoms with Crippen LogP contribution >= 0.6 is 0 Å². The zero-order chi connectivity index (χ0) is 32.1. The molecule has 0 spiro atoms. The first-order valence-electron chi connectivity index (χ1n) is 15.0. The summed E-state index contributed by atoms with van der Waals surface area (Å²) in [5.74, 6) is -1.99. The van der Waals surface area contributed by atoms with Crippen molar-refractivity contribution in [2.75, 3.05) is 18.4 Å². The number of fused-ring (bicyclic) bond motifs is 2. The summed E-state index contributed by atoms with van der Waals surface area (Å²) in [6, 6.07) is 4.60. The molecule has 2 fully saturated rings. The SMILES string of the molecule is COc1ccccc1NS(=O)(=O)NC(=O)[C@@]12C[C@H]1C=CCCCCC[C@H](NC(=O)OC(C)(C)C)C(=O)N1CCC[C@H]1C(=O)N2. The molecule has 2 heterocycles. The molecule has 13 nitrogen and oxygen atoms in total. The van der Waals surface area contributed by atoms with E-state index >= 15 is 0 Å². The number of anilines is 1. The Labute approximate surface area is 258 Å². The number of rotatable bonds is 6. The van der Waals surface area contributed by atoms with Gasteiger partial charge in [-0.3, -0.25) is 19.1 Å². The predicted molar refractivity (Wildman–Crippen MR) is 163 cm³/mol. The van der Waals surface area contributed by atoms with Gasteiger partial charge in [0.1, 0.15) is 29.0 Å². The molecule has 1 aliphatic carbocycles. The lowest BCUT2D eigenvalue weighted by Crippen LogP contribution is -2.58. The van der Waals surface area contributed by atoms with E-state index in [9.17, 15) is 27.6 Å². The highest BCUT2D eigenvalue weighted by atomic mass is 32.2. The van der Waals surface area contributed by atoms with Crippen LogP contribution in [0.3, 0.4) is 0 Å². The Morgan fingerprint density at radius 2 is 1.82 bits per heavy atom. The van der Waals surface area contributed by atoms with Gasteiger partial charge in [-0.25, -0.2) is 9.52 Å². The third kappa shape index (κ3) is 8.21. The fraction of sp³-hybridized carbons (Fsp3) is 0.600. The number of carbonyl (C=O) groups excluding carboxylic acids is 4. The first-order chi connectivity index (χ1) is 20.7. The lowest BCUT2D eigenvalue weighted by atomic mass is 10.0. The smallest absolute Gasteiger partial charge is 0.408 e. The van der Waals surface area contributed by atoms with Gasteiger partial charge in [0.2, 0.25) is 11.8 Å². The van der Waals surface area contributed by atoms with E-state index in [1.807, 2.05) is 12.2 Å². The summed E-state index contributed by atoms with van der Waals surface area (Å²) < 4.78 is 40.9. The molecule has 3 aliphatic rings. The van der Waals surface area contributed by atoms with E-state index in [0.29, 0.717) is 38.6 Å². The zero-order valence-corrected chi connectivity index (χ0v) is 26.5. The van der Waals surface area contributed by atoms with Gasteiger partial charge >= 0.3 is 16.3 Å². The Bertz CT molecular complexity index is 1390. The van der Waals surface area contributed by atoms with E-state index in [1.165, 1.54) is 18.1 Å². The van der Waals surface area contributed by atoms with Crippen molar-refractivity contribution in [3.63, 3.8) is 0 Å². The zero-order valence-electron chi connectivity index (χ0n) is 25.7. The number of para-hydroxylation sites is 2. The van der Waals surface area contributed by atoms with Gasteiger partial charge in [-0.2, -0.15) is 8.42 Å². The Kier molecular flexibility index (Phi) is 10.1. The third-order valence-electron chi connectivity index (χ3n) is 7.90. The normalized spacial score (nSPS) is 26.2. The number of nitrogens with one attached hydrogen (secondary N) is 4. The number of nitrogens with zero attached hydrogens (tertiary/aromatic N) is 1. The Hall–Kier alpha value is -3.81. The van der Waals surface area contributed by atoms with E-state index in [2.05, 4.69) is 20.1 Å². The van der Waals surface area contributed by atoms with Crippen LogP contribution in [0, 0.1) is 5.92 Å². The minimum Gasteiger partial charge on any atom is -0.495 e. The molecule has 1 aromatic rings.